The second-order valence-electron chi connectivity index (χ2n) is 7.26. The molecule has 3 nitrogen and oxygen atoms in total. The monoisotopic (exact) mass is 314 g/mol. The summed E-state index contributed by atoms with van der Waals surface area (Å²) in [7, 11) is 0. The number of amides is 1. The van der Waals surface area contributed by atoms with Gasteiger partial charge in [0, 0.05) is 13.0 Å². The van der Waals surface area contributed by atoms with Gasteiger partial charge >= 0.3 is 0 Å². The van der Waals surface area contributed by atoms with Gasteiger partial charge < -0.3 is 10.2 Å². The average molecular weight is 314 g/mol. The first kappa shape index (κ1) is 16.5. The summed E-state index contributed by atoms with van der Waals surface area (Å²) in [5.41, 5.74) is 2.61. The van der Waals surface area contributed by atoms with Gasteiger partial charge in [0.1, 0.15) is 0 Å². The Balaban J connectivity index is 1.68. The first-order valence-electron chi connectivity index (χ1n) is 9.31. The Morgan fingerprint density at radius 3 is 2.96 bits per heavy atom. The van der Waals surface area contributed by atoms with Crippen LogP contribution in [0.25, 0.3) is 0 Å². The van der Waals surface area contributed by atoms with Gasteiger partial charge in [-0.3, -0.25) is 4.79 Å². The van der Waals surface area contributed by atoms with E-state index in [1.165, 1.54) is 30.4 Å². The second-order valence-corrected chi connectivity index (χ2v) is 7.26. The van der Waals surface area contributed by atoms with E-state index >= 15 is 0 Å². The van der Waals surface area contributed by atoms with Crippen molar-refractivity contribution < 1.29 is 4.79 Å². The molecule has 126 valence electrons. The fraction of sp³-hybridized carbons (Fsp3) is 0.650. The van der Waals surface area contributed by atoms with Crippen molar-refractivity contribution in [1.29, 1.82) is 0 Å². The maximum Gasteiger partial charge on any atom is 0.223 e. The van der Waals surface area contributed by atoms with Crippen molar-refractivity contribution in [2.24, 2.45) is 5.92 Å². The molecule has 2 aliphatic rings. The lowest BCUT2D eigenvalue weighted by atomic mass is 9.97. The van der Waals surface area contributed by atoms with Gasteiger partial charge in [-0.2, -0.15) is 0 Å². The molecule has 1 aromatic rings. The van der Waals surface area contributed by atoms with Crippen molar-refractivity contribution in [3.63, 3.8) is 0 Å². The third-order valence-corrected chi connectivity index (χ3v) is 5.43. The molecule has 3 heteroatoms. The summed E-state index contributed by atoms with van der Waals surface area (Å²) in [5.74, 6) is 1.06. The van der Waals surface area contributed by atoms with Crippen molar-refractivity contribution in [2.45, 2.75) is 57.9 Å². The van der Waals surface area contributed by atoms with Crippen LogP contribution in [-0.4, -0.2) is 30.4 Å². The average Bonchev–Trinajstić information content (AvgIpc) is 2.95. The van der Waals surface area contributed by atoms with Crippen LogP contribution in [0.1, 0.15) is 62.1 Å². The minimum Gasteiger partial charge on any atom is -0.336 e. The Morgan fingerprint density at radius 2 is 2.17 bits per heavy atom. The lowest BCUT2D eigenvalue weighted by molar-refractivity contribution is -0.134. The fourth-order valence-electron chi connectivity index (χ4n) is 4.06. The molecule has 0 bridgehead atoms. The van der Waals surface area contributed by atoms with Gasteiger partial charge in [-0.1, -0.05) is 42.7 Å². The Labute approximate surface area is 140 Å². The van der Waals surface area contributed by atoms with E-state index in [4.69, 9.17) is 0 Å². The van der Waals surface area contributed by atoms with Gasteiger partial charge in [0.2, 0.25) is 5.91 Å². The zero-order valence-electron chi connectivity index (χ0n) is 14.4. The highest BCUT2D eigenvalue weighted by molar-refractivity contribution is 5.76. The number of aryl methyl sites for hydroxylation is 1. The van der Waals surface area contributed by atoms with E-state index in [1.807, 2.05) is 0 Å². The highest BCUT2D eigenvalue weighted by atomic mass is 16.2. The predicted octanol–water partition coefficient (Wildman–Crippen LogP) is 3.83. The predicted molar refractivity (Wildman–Crippen MR) is 94.3 cm³/mol. The molecule has 0 aliphatic carbocycles. The molecule has 0 saturated carbocycles. The van der Waals surface area contributed by atoms with E-state index in [9.17, 15) is 4.79 Å². The van der Waals surface area contributed by atoms with Crippen LogP contribution in [0.4, 0.5) is 0 Å². The number of nitrogens with one attached hydrogen (secondary N) is 1. The van der Waals surface area contributed by atoms with Gasteiger partial charge in [0.25, 0.3) is 0 Å². The molecule has 2 aliphatic heterocycles. The first-order valence-corrected chi connectivity index (χ1v) is 9.31. The Hall–Kier alpha value is -1.35. The molecule has 0 aromatic heterocycles. The molecule has 3 rings (SSSR count). The SMILES string of the molecule is Cc1cccc(C2CCCCCN2C(=O)CCC2CCNC2)c1. The molecule has 1 N–H and O–H groups in total. The smallest absolute Gasteiger partial charge is 0.223 e. The highest BCUT2D eigenvalue weighted by Gasteiger charge is 2.27. The van der Waals surface area contributed by atoms with Crippen LogP contribution in [0.2, 0.25) is 0 Å². The van der Waals surface area contributed by atoms with Gasteiger partial charge in [-0.15, -0.1) is 0 Å². The second kappa shape index (κ2) is 7.96. The van der Waals surface area contributed by atoms with Crippen molar-refractivity contribution in [2.75, 3.05) is 19.6 Å². The van der Waals surface area contributed by atoms with Gasteiger partial charge in [0.15, 0.2) is 0 Å². The third kappa shape index (κ3) is 4.35. The van der Waals surface area contributed by atoms with Crippen LogP contribution in [0.5, 0.6) is 0 Å². The van der Waals surface area contributed by atoms with Gasteiger partial charge in [-0.05, 0) is 57.2 Å². The van der Waals surface area contributed by atoms with Crippen LogP contribution >= 0.6 is 0 Å². The molecule has 2 saturated heterocycles. The summed E-state index contributed by atoms with van der Waals surface area (Å²) in [5, 5.41) is 3.40. The number of carbonyl (C=O) groups is 1. The molecule has 0 spiro atoms. The summed E-state index contributed by atoms with van der Waals surface area (Å²) in [6, 6.07) is 9.01. The Morgan fingerprint density at radius 1 is 1.26 bits per heavy atom. The van der Waals surface area contributed by atoms with E-state index < -0.39 is 0 Å². The largest absolute Gasteiger partial charge is 0.336 e. The third-order valence-electron chi connectivity index (χ3n) is 5.43. The van der Waals surface area contributed by atoms with E-state index in [0.29, 0.717) is 18.2 Å². The normalized spacial score (nSPS) is 25.3. The maximum atomic E-state index is 12.9. The molecule has 1 amide bonds. The number of nitrogens with zero attached hydrogens (tertiary/aromatic N) is 1. The minimum atomic E-state index is 0.284. The van der Waals surface area contributed by atoms with Crippen molar-refractivity contribution in [3.8, 4) is 0 Å². The highest BCUT2D eigenvalue weighted by Crippen LogP contribution is 2.31. The zero-order chi connectivity index (χ0) is 16.1. The Bertz CT molecular complexity index is 522. The van der Waals surface area contributed by atoms with E-state index in [2.05, 4.69) is 41.4 Å². The topological polar surface area (TPSA) is 32.3 Å². The zero-order valence-corrected chi connectivity index (χ0v) is 14.4. The molecule has 23 heavy (non-hydrogen) atoms. The number of rotatable bonds is 4. The molecule has 2 fully saturated rings. The molecular formula is C20H30N2O. The van der Waals surface area contributed by atoms with Crippen molar-refractivity contribution in [1.82, 2.24) is 10.2 Å². The summed E-state index contributed by atoms with van der Waals surface area (Å²) in [4.78, 5) is 15.1. The molecule has 0 radical (unpaired) electrons. The fourth-order valence-corrected chi connectivity index (χ4v) is 4.06. The van der Waals surface area contributed by atoms with Crippen LogP contribution in [-0.2, 0) is 4.79 Å². The number of hydrogen-bond acceptors (Lipinski definition) is 2. The lowest BCUT2D eigenvalue weighted by Crippen LogP contribution is -2.35. The Kier molecular flexibility index (Phi) is 5.71. The van der Waals surface area contributed by atoms with Crippen molar-refractivity contribution in [3.05, 3.63) is 35.4 Å². The quantitative estimate of drug-likeness (QED) is 0.916. The van der Waals surface area contributed by atoms with Crippen molar-refractivity contribution >= 4 is 5.91 Å². The van der Waals surface area contributed by atoms with Crippen LogP contribution in [0, 0.1) is 12.8 Å². The van der Waals surface area contributed by atoms with Crippen LogP contribution in [0.3, 0.4) is 0 Å². The lowest BCUT2D eigenvalue weighted by Gasteiger charge is -2.31. The number of carbonyl (C=O) groups excluding carboxylic acids is 1. The minimum absolute atomic E-state index is 0.284. The van der Waals surface area contributed by atoms with E-state index in [0.717, 1.165) is 38.9 Å². The molecular weight excluding hydrogens is 284 g/mol. The summed E-state index contributed by atoms with van der Waals surface area (Å²) in [6.45, 7) is 5.28. The van der Waals surface area contributed by atoms with E-state index in [-0.39, 0.29) is 6.04 Å². The summed E-state index contributed by atoms with van der Waals surface area (Å²) in [6.07, 6.45) is 7.74. The van der Waals surface area contributed by atoms with E-state index in [1.54, 1.807) is 0 Å². The standard InChI is InChI=1S/C20H30N2O/c1-16-6-5-7-18(14-16)19-8-3-2-4-13-22(19)20(23)10-9-17-11-12-21-15-17/h5-7,14,17,19,21H,2-4,8-13,15H2,1H3. The summed E-state index contributed by atoms with van der Waals surface area (Å²) < 4.78 is 0. The van der Waals surface area contributed by atoms with Gasteiger partial charge in [0.05, 0.1) is 6.04 Å². The number of hydrogen-bond donors (Lipinski definition) is 1. The number of benzene rings is 1. The van der Waals surface area contributed by atoms with Crippen LogP contribution in [0.15, 0.2) is 24.3 Å². The molecule has 2 atom stereocenters. The first-order chi connectivity index (χ1) is 11.2. The molecule has 2 unspecified atom stereocenters. The van der Waals surface area contributed by atoms with Crippen LogP contribution < -0.4 is 5.32 Å². The summed E-state index contributed by atoms with van der Waals surface area (Å²) >= 11 is 0. The maximum absolute atomic E-state index is 12.9. The molecule has 2 heterocycles. The molecule has 1 aromatic carbocycles. The number of likely N-dealkylation sites (tertiary alicyclic amines) is 1. The van der Waals surface area contributed by atoms with Gasteiger partial charge in [-0.25, -0.2) is 0 Å².